The van der Waals surface area contributed by atoms with Crippen molar-refractivity contribution < 1.29 is 80.2 Å². The van der Waals surface area contributed by atoms with E-state index in [-0.39, 0.29) is 25.7 Å². The zero-order valence-electron chi connectivity index (χ0n) is 49.6. The summed E-state index contributed by atoms with van der Waals surface area (Å²) in [5, 5.41) is 10.5. The van der Waals surface area contributed by atoms with Crippen LogP contribution in [0, 0.1) is 0 Å². The molecule has 0 aliphatic heterocycles. The number of aliphatic hydroxyl groups excluding tert-OH is 1. The summed E-state index contributed by atoms with van der Waals surface area (Å²) in [6.45, 7) is 4.67. The van der Waals surface area contributed by atoms with Crippen LogP contribution in [0.1, 0.15) is 297 Å². The van der Waals surface area contributed by atoms with E-state index in [0.29, 0.717) is 25.7 Å². The van der Waals surface area contributed by atoms with E-state index in [1.54, 1.807) is 0 Å². The third kappa shape index (κ3) is 53.4. The van der Waals surface area contributed by atoms with Crippen molar-refractivity contribution >= 4 is 39.5 Å². The second-order valence-corrected chi connectivity index (χ2v) is 24.3. The number of carbonyl (C=O) groups excluding carboxylic acids is 4. The number of rotatable bonds is 60. The minimum atomic E-state index is -4.93. The van der Waals surface area contributed by atoms with E-state index in [1.165, 1.54) is 122 Å². The molecule has 0 aliphatic rings. The van der Waals surface area contributed by atoms with Crippen LogP contribution in [0.15, 0.2) is 0 Å². The van der Waals surface area contributed by atoms with E-state index >= 15 is 0 Å². The quantitative estimate of drug-likeness (QED) is 0.0222. The van der Waals surface area contributed by atoms with Crippen molar-refractivity contribution in [1.29, 1.82) is 0 Å². The minimum absolute atomic E-state index is 0.0991. The molecular weight excluding hydrogens is 1040 g/mol. The van der Waals surface area contributed by atoms with Gasteiger partial charge in [0.15, 0.2) is 12.2 Å². The van der Waals surface area contributed by atoms with Gasteiger partial charge in [-0.05, 0) is 25.7 Å². The number of hydrogen-bond donors (Lipinski definition) is 3. The van der Waals surface area contributed by atoms with Crippen LogP contribution in [-0.4, -0.2) is 96.7 Å². The molecule has 0 radical (unpaired) electrons. The summed E-state index contributed by atoms with van der Waals surface area (Å²) in [5.74, 6) is -2.16. The highest BCUT2D eigenvalue weighted by Crippen LogP contribution is 2.45. The van der Waals surface area contributed by atoms with Gasteiger partial charge in [-0.2, -0.15) is 0 Å². The summed E-state index contributed by atoms with van der Waals surface area (Å²) in [6.07, 6.45) is 38.4. The molecule has 5 atom stereocenters. The van der Waals surface area contributed by atoms with E-state index in [9.17, 15) is 43.2 Å². The summed E-state index contributed by atoms with van der Waals surface area (Å²) in [5.41, 5.74) is 0. The lowest BCUT2D eigenvalue weighted by atomic mass is 10.0. The Morgan fingerprint density at radius 2 is 0.513 bits per heavy atom. The van der Waals surface area contributed by atoms with Crippen LogP contribution in [0.25, 0.3) is 0 Å². The summed E-state index contributed by atoms with van der Waals surface area (Å²) in [6, 6.07) is 0. The van der Waals surface area contributed by atoms with E-state index in [2.05, 4.69) is 27.7 Å². The molecule has 0 saturated carbocycles. The van der Waals surface area contributed by atoms with Crippen molar-refractivity contribution in [2.24, 2.45) is 0 Å². The molecule has 0 aliphatic carbocycles. The SMILES string of the molecule is CCCCCCCCCCCCCCCCCCCC(=O)O[C@H](COC(=O)CCCCCCCCCCCCC)COP(=O)(O)OC[C@@H](O)COP(=O)(O)OC[C@@H](COC(=O)CCCCCCC)OC(=O)CCCCCCC. The monoisotopic (exact) mass is 1160 g/mol. The number of hydrogen-bond acceptors (Lipinski definition) is 15. The van der Waals surface area contributed by atoms with Gasteiger partial charge in [-0.15, -0.1) is 0 Å². The molecule has 17 nitrogen and oxygen atoms in total. The van der Waals surface area contributed by atoms with E-state index in [0.717, 1.165) is 96.3 Å². The van der Waals surface area contributed by atoms with Crippen molar-refractivity contribution in [3.8, 4) is 0 Å². The van der Waals surface area contributed by atoms with Crippen LogP contribution >= 0.6 is 15.6 Å². The fourth-order valence-corrected chi connectivity index (χ4v) is 10.3. The summed E-state index contributed by atoms with van der Waals surface area (Å²) in [7, 11) is -9.85. The molecule has 0 bridgehead atoms. The first kappa shape index (κ1) is 76.1. The molecule has 462 valence electrons. The van der Waals surface area contributed by atoms with Gasteiger partial charge in [-0.1, -0.05) is 246 Å². The lowest BCUT2D eigenvalue weighted by Crippen LogP contribution is -2.30. The van der Waals surface area contributed by atoms with Crippen LogP contribution in [0.4, 0.5) is 0 Å². The highest BCUT2D eigenvalue weighted by atomic mass is 31.2. The van der Waals surface area contributed by atoms with Crippen LogP contribution in [0.5, 0.6) is 0 Å². The zero-order valence-corrected chi connectivity index (χ0v) is 51.4. The standard InChI is InChI=1S/C59H114O17P2/c1-5-9-13-17-19-21-23-24-25-26-27-28-30-32-34-38-42-46-59(64)76-55(50-70-57(62)44-40-37-33-31-29-22-20-18-14-10-6-2)52-74-78(67,68)72-48-53(60)47-71-77(65,66)73-51-54(75-58(63)45-41-36-16-12-8-4)49-69-56(61)43-39-35-15-11-7-3/h53-55,60H,5-52H2,1-4H3,(H,65,66)(H,67,68)/t53-,54+,55+/m0/s1. The number of phosphoric ester groups is 2. The maximum absolute atomic E-state index is 12.9. The van der Waals surface area contributed by atoms with Gasteiger partial charge in [0.05, 0.1) is 26.4 Å². The van der Waals surface area contributed by atoms with Crippen LogP contribution < -0.4 is 0 Å². The summed E-state index contributed by atoms with van der Waals surface area (Å²) < 4.78 is 67.4. The Hall–Kier alpha value is -1.94. The Balaban J connectivity index is 5.09. The third-order valence-corrected chi connectivity index (χ3v) is 15.5. The maximum atomic E-state index is 12.9. The number of aliphatic hydroxyl groups is 1. The van der Waals surface area contributed by atoms with Gasteiger partial charge in [-0.25, -0.2) is 9.13 Å². The normalized spacial score (nSPS) is 14.3. The zero-order chi connectivity index (χ0) is 57.6. The van der Waals surface area contributed by atoms with E-state index in [4.69, 9.17) is 37.0 Å². The van der Waals surface area contributed by atoms with Gasteiger partial charge < -0.3 is 33.8 Å². The maximum Gasteiger partial charge on any atom is 0.472 e. The van der Waals surface area contributed by atoms with Crippen molar-refractivity contribution in [3.63, 3.8) is 0 Å². The molecule has 0 amide bonds. The Labute approximate surface area is 473 Å². The number of esters is 4. The van der Waals surface area contributed by atoms with Crippen LogP contribution in [0.2, 0.25) is 0 Å². The first-order valence-electron chi connectivity index (χ1n) is 31.3. The number of carbonyl (C=O) groups is 4. The van der Waals surface area contributed by atoms with Crippen molar-refractivity contribution in [1.82, 2.24) is 0 Å². The summed E-state index contributed by atoms with van der Waals surface area (Å²) in [4.78, 5) is 71.4. The fraction of sp³-hybridized carbons (Fsp3) is 0.932. The molecule has 0 fully saturated rings. The smallest absolute Gasteiger partial charge is 0.462 e. The number of ether oxygens (including phenoxy) is 4. The van der Waals surface area contributed by atoms with Gasteiger partial charge in [0.25, 0.3) is 0 Å². The third-order valence-electron chi connectivity index (χ3n) is 13.6. The summed E-state index contributed by atoms with van der Waals surface area (Å²) >= 11 is 0. The molecule has 0 heterocycles. The molecule has 0 aromatic heterocycles. The average Bonchev–Trinajstić information content (AvgIpc) is 3.41. The van der Waals surface area contributed by atoms with Gasteiger partial charge in [0, 0.05) is 25.7 Å². The Morgan fingerprint density at radius 3 is 0.756 bits per heavy atom. The molecule has 0 aromatic rings. The van der Waals surface area contributed by atoms with Crippen LogP contribution in [0.3, 0.4) is 0 Å². The van der Waals surface area contributed by atoms with Gasteiger partial charge in [0.2, 0.25) is 0 Å². The van der Waals surface area contributed by atoms with Crippen molar-refractivity contribution in [2.75, 3.05) is 39.6 Å². The largest absolute Gasteiger partial charge is 0.472 e. The van der Waals surface area contributed by atoms with Gasteiger partial charge in [0.1, 0.15) is 19.3 Å². The highest BCUT2D eigenvalue weighted by molar-refractivity contribution is 7.47. The molecule has 0 spiro atoms. The first-order valence-corrected chi connectivity index (χ1v) is 34.3. The highest BCUT2D eigenvalue weighted by Gasteiger charge is 2.30. The molecule has 78 heavy (non-hydrogen) atoms. The van der Waals surface area contributed by atoms with Crippen LogP contribution in [-0.2, 0) is 65.4 Å². The average molecular weight is 1160 g/mol. The molecule has 0 rings (SSSR count). The predicted molar refractivity (Wildman–Crippen MR) is 308 cm³/mol. The van der Waals surface area contributed by atoms with E-state index < -0.39 is 97.5 Å². The second kappa shape index (κ2) is 54.3. The van der Waals surface area contributed by atoms with Gasteiger partial charge >= 0.3 is 39.5 Å². The number of phosphoric acid groups is 2. The van der Waals surface area contributed by atoms with Gasteiger partial charge in [-0.3, -0.25) is 37.3 Å². The molecule has 0 aromatic carbocycles. The molecule has 0 saturated heterocycles. The Morgan fingerprint density at radius 1 is 0.308 bits per heavy atom. The lowest BCUT2D eigenvalue weighted by molar-refractivity contribution is -0.161. The Bertz CT molecular complexity index is 1520. The minimum Gasteiger partial charge on any atom is -0.462 e. The van der Waals surface area contributed by atoms with Crippen molar-refractivity contribution in [2.45, 2.75) is 316 Å². The lowest BCUT2D eigenvalue weighted by Gasteiger charge is -2.21. The van der Waals surface area contributed by atoms with Crippen molar-refractivity contribution in [3.05, 3.63) is 0 Å². The molecule has 19 heteroatoms. The second-order valence-electron chi connectivity index (χ2n) is 21.4. The molecular formula is C59H114O17P2. The Kier molecular flexibility index (Phi) is 53.0. The number of unbranched alkanes of at least 4 members (excludes halogenated alkanes) is 34. The molecule has 2 unspecified atom stereocenters. The van der Waals surface area contributed by atoms with E-state index in [1.807, 2.05) is 0 Å². The fourth-order valence-electron chi connectivity index (χ4n) is 8.75. The topological polar surface area (TPSA) is 237 Å². The first-order chi connectivity index (χ1) is 37.7. The predicted octanol–water partition coefficient (Wildman–Crippen LogP) is 16.0. The molecule has 3 N–H and O–H groups in total.